The van der Waals surface area contributed by atoms with Crippen LogP contribution in [0.5, 0.6) is 0 Å². The summed E-state index contributed by atoms with van der Waals surface area (Å²) >= 11 is 1.46. The summed E-state index contributed by atoms with van der Waals surface area (Å²) in [6, 6.07) is 6.68. The van der Waals surface area contributed by atoms with Crippen molar-refractivity contribution in [2.75, 3.05) is 13.1 Å². The van der Waals surface area contributed by atoms with E-state index in [1.807, 2.05) is 5.38 Å². The van der Waals surface area contributed by atoms with Crippen LogP contribution in [0.3, 0.4) is 0 Å². The molecule has 1 aromatic carbocycles. The summed E-state index contributed by atoms with van der Waals surface area (Å²) < 4.78 is 38.1. The minimum atomic E-state index is -3.48. The summed E-state index contributed by atoms with van der Waals surface area (Å²) in [7, 11) is -3.48. The molecule has 1 aromatic heterocycles. The SMILES string of the molecule is O=C(c1ccsc1)N1CCC(S(=O)(=O)c2ccc(F)cc2)CC1. The van der Waals surface area contributed by atoms with Gasteiger partial charge in [-0.2, -0.15) is 11.3 Å². The van der Waals surface area contributed by atoms with Crippen molar-refractivity contribution in [1.82, 2.24) is 4.90 Å². The van der Waals surface area contributed by atoms with E-state index in [0.717, 1.165) is 12.1 Å². The van der Waals surface area contributed by atoms with Crippen LogP contribution in [0.1, 0.15) is 23.2 Å². The summed E-state index contributed by atoms with van der Waals surface area (Å²) in [5.74, 6) is -0.510. The Bertz CT molecular complexity index is 777. The number of amides is 1. The van der Waals surface area contributed by atoms with E-state index in [9.17, 15) is 17.6 Å². The number of sulfone groups is 1. The van der Waals surface area contributed by atoms with E-state index < -0.39 is 20.9 Å². The summed E-state index contributed by atoms with van der Waals surface area (Å²) in [5.41, 5.74) is 0.648. The lowest BCUT2D eigenvalue weighted by Gasteiger charge is -2.31. The number of nitrogens with zero attached hydrogens (tertiary/aromatic N) is 1. The van der Waals surface area contributed by atoms with Crippen LogP contribution >= 0.6 is 11.3 Å². The van der Waals surface area contributed by atoms with Crippen molar-refractivity contribution < 1.29 is 17.6 Å². The molecule has 2 aromatic rings. The third-order valence-corrected chi connectivity index (χ3v) is 7.04. The highest BCUT2D eigenvalue weighted by Gasteiger charge is 2.33. The van der Waals surface area contributed by atoms with Crippen LogP contribution in [0.25, 0.3) is 0 Å². The third kappa shape index (κ3) is 3.30. The Balaban J connectivity index is 1.69. The van der Waals surface area contributed by atoms with Gasteiger partial charge in [0.15, 0.2) is 9.84 Å². The first-order chi connectivity index (χ1) is 11.0. The van der Waals surface area contributed by atoms with E-state index in [-0.39, 0.29) is 10.8 Å². The highest BCUT2D eigenvalue weighted by Crippen LogP contribution is 2.25. The van der Waals surface area contributed by atoms with Crippen LogP contribution in [0.15, 0.2) is 46.0 Å². The normalized spacial score (nSPS) is 16.5. The van der Waals surface area contributed by atoms with Gasteiger partial charge < -0.3 is 4.90 Å². The number of piperidine rings is 1. The minimum absolute atomic E-state index is 0.0520. The zero-order chi connectivity index (χ0) is 16.4. The second-order valence-corrected chi connectivity index (χ2v) is 8.51. The molecule has 7 heteroatoms. The Morgan fingerprint density at radius 1 is 1.13 bits per heavy atom. The standard InChI is InChI=1S/C16H16FNO3S2/c17-13-1-3-14(4-2-13)23(20,21)15-5-8-18(9-6-15)16(19)12-7-10-22-11-12/h1-4,7,10-11,15H,5-6,8-9H2. The fraction of sp³-hybridized carbons (Fsp3) is 0.312. The maximum absolute atomic E-state index is 13.0. The summed E-state index contributed by atoms with van der Waals surface area (Å²) in [4.78, 5) is 14.1. The molecule has 0 N–H and O–H groups in total. The Kier molecular flexibility index (Phi) is 4.50. The molecule has 1 aliphatic rings. The molecule has 0 bridgehead atoms. The van der Waals surface area contributed by atoms with Crippen molar-refractivity contribution >= 4 is 27.1 Å². The van der Waals surface area contributed by atoms with Gasteiger partial charge in [0, 0.05) is 18.5 Å². The van der Waals surface area contributed by atoms with Gasteiger partial charge in [0.2, 0.25) is 0 Å². The summed E-state index contributed by atoms with van der Waals surface area (Å²) in [6.07, 6.45) is 0.797. The van der Waals surface area contributed by atoms with Gasteiger partial charge in [-0.25, -0.2) is 12.8 Å². The smallest absolute Gasteiger partial charge is 0.254 e. The molecule has 0 radical (unpaired) electrons. The molecule has 0 unspecified atom stereocenters. The first kappa shape index (κ1) is 16.1. The van der Waals surface area contributed by atoms with Crippen molar-refractivity contribution in [2.24, 2.45) is 0 Å². The largest absolute Gasteiger partial charge is 0.339 e. The molecule has 0 spiro atoms. The van der Waals surface area contributed by atoms with Crippen LogP contribution in [-0.2, 0) is 9.84 Å². The van der Waals surface area contributed by atoms with Crippen molar-refractivity contribution in [3.63, 3.8) is 0 Å². The maximum Gasteiger partial charge on any atom is 0.254 e. The van der Waals surface area contributed by atoms with Crippen molar-refractivity contribution in [2.45, 2.75) is 23.0 Å². The Hall–Kier alpha value is -1.73. The molecule has 1 saturated heterocycles. The molecule has 1 fully saturated rings. The first-order valence-electron chi connectivity index (χ1n) is 7.29. The van der Waals surface area contributed by atoms with Crippen molar-refractivity contribution in [3.05, 3.63) is 52.5 Å². The van der Waals surface area contributed by atoms with Gasteiger partial charge in [-0.05, 0) is 48.6 Å². The maximum atomic E-state index is 13.0. The fourth-order valence-corrected chi connectivity index (χ4v) is 5.12. The Labute approximate surface area is 138 Å². The lowest BCUT2D eigenvalue weighted by molar-refractivity contribution is 0.0726. The first-order valence-corrected chi connectivity index (χ1v) is 9.78. The predicted octanol–water partition coefficient (Wildman–Crippen LogP) is 2.97. The zero-order valence-corrected chi connectivity index (χ0v) is 13.9. The topological polar surface area (TPSA) is 54.5 Å². The highest BCUT2D eigenvalue weighted by molar-refractivity contribution is 7.92. The molecule has 23 heavy (non-hydrogen) atoms. The Morgan fingerprint density at radius 2 is 1.78 bits per heavy atom. The van der Waals surface area contributed by atoms with Crippen LogP contribution in [0.4, 0.5) is 4.39 Å². The lowest BCUT2D eigenvalue weighted by atomic mass is 10.1. The van der Waals surface area contributed by atoms with E-state index in [2.05, 4.69) is 0 Å². The molecule has 122 valence electrons. The molecule has 2 heterocycles. The number of hydrogen-bond donors (Lipinski definition) is 0. The molecule has 1 aliphatic heterocycles. The van der Waals surface area contributed by atoms with Crippen LogP contribution in [0, 0.1) is 5.82 Å². The second kappa shape index (κ2) is 6.41. The quantitative estimate of drug-likeness (QED) is 0.797. The van der Waals surface area contributed by atoms with Gasteiger partial charge in [0.25, 0.3) is 5.91 Å². The van der Waals surface area contributed by atoms with Gasteiger partial charge in [-0.15, -0.1) is 0 Å². The summed E-state index contributed by atoms with van der Waals surface area (Å²) in [6.45, 7) is 0.833. The lowest BCUT2D eigenvalue weighted by Crippen LogP contribution is -2.42. The minimum Gasteiger partial charge on any atom is -0.339 e. The fourth-order valence-electron chi connectivity index (χ4n) is 2.75. The second-order valence-electron chi connectivity index (χ2n) is 5.50. The number of carbonyl (C=O) groups excluding carboxylic acids is 1. The number of rotatable bonds is 3. The van der Waals surface area contributed by atoms with Crippen molar-refractivity contribution in [3.8, 4) is 0 Å². The molecular weight excluding hydrogens is 337 g/mol. The number of hydrogen-bond acceptors (Lipinski definition) is 4. The number of benzene rings is 1. The predicted molar refractivity (Wildman–Crippen MR) is 86.8 cm³/mol. The number of likely N-dealkylation sites (tertiary alicyclic amines) is 1. The van der Waals surface area contributed by atoms with Gasteiger partial charge in [0.1, 0.15) is 5.82 Å². The average molecular weight is 353 g/mol. The van der Waals surface area contributed by atoms with Gasteiger partial charge in [-0.3, -0.25) is 4.79 Å². The van der Waals surface area contributed by atoms with Crippen LogP contribution in [0.2, 0.25) is 0 Å². The van der Waals surface area contributed by atoms with Crippen molar-refractivity contribution in [1.29, 1.82) is 0 Å². The number of halogens is 1. The van der Waals surface area contributed by atoms with E-state index >= 15 is 0 Å². The van der Waals surface area contributed by atoms with E-state index in [1.165, 1.54) is 23.5 Å². The number of carbonyl (C=O) groups is 1. The monoisotopic (exact) mass is 353 g/mol. The third-order valence-electron chi connectivity index (χ3n) is 4.08. The summed E-state index contributed by atoms with van der Waals surface area (Å²) in [5, 5.41) is 3.11. The molecule has 0 aliphatic carbocycles. The molecular formula is C16H16FNO3S2. The van der Waals surface area contributed by atoms with E-state index in [4.69, 9.17) is 0 Å². The molecule has 0 atom stereocenters. The highest BCUT2D eigenvalue weighted by atomic mass is 32.2. The van der Waals surface area contributed by atoms with Gasteiger partial charge in [0.05, 0.1) is 15.7 Å². The van der Waals surface area contributed by atoms with Gasteiger partial charge in [-0.1, -0.05) is 0 Å². The van der Waals surface area contributed by atoms with Crippen LogP contribution in [-0.4, -0.2) is 37.6 Å². The van der Waals surface area contributed by atoms with Gasteiger partial charge >= 0.3 is 0 Å². The molecule has 1 amide bonds. The van der Waals surface area contributed by atoms with E-state index in [1.54, 1.807) is 16.3 Å². The van der Waals surface area contributed by atoms with Crippen LogP contribution < -0.4 is 0 Å². The molecule has 3 rings (SSSR count). The Morgan fingerprint density at radius 3 is 2.35 bits per heavy atom. The zero-order valence-electron chi connectivity index (χ0n) is 12.3. The molecule has 0 saturated carbocycles. The van der Waals surface area contributed by atoms with E-state index in [0.29, 0.717) is 31.5 Å². The molecule has 4 nitrogen and oxygen atoms in total. The number of thiophene rings is 1. The average Bonchev–Trinajstić information content (AvgIpc) is 3.09.